The van der Waals surface area contributed by atoms with E-state index in [9.17, 15) is 18.0 Å². The third kappa shape index (κ3) is 3.75. The van der Waals surface area contributed by atoms with Crippen molar-refractivity contribution >= 4 is 21.7 Å². The summed E-state index contributed by atoms with van der Waals surface area (Å²) in [7, 11) is -3.33. The molecule has 1 aliphatic rings. The lowest BCUT2D eigenvalue weighted by atomic mass is 9.97. The average Bonchev–Trinajstić information content (AvgIpc) is 2.29. The number of hydrogen-bond donors (Lipinski definition) is 1. The normalized spacial score (nSPS) is 24.4. The number of carbonyl (C=O) groups excluding carboxylic acids is 2. The van der Waals surface area contributed by atoms with E-state index in [-0.39, 0.29) is 30.0 Å². The van der Waals surface area contributed by atoms with E-state index in [0.717, 1.165) is 0 Å². The van der Waals surface area contributed by atoms with E-state index in [1.54, 1.807) is 27.7 Å². The van der Waals surface area contributed by atoms with Crippen LogP contribution in [0.15, 0.2) is 0 Å². The van der Waals surface area contributed by atoms with Crippen LogP contribution in [0.4, 0.5) is 0 Å². The van der Waals surface area contributed by atoms with Gasteiger partial charge in [0, 0.05) is 6.54 Å². The Hall–Kier alpha value is -1.11. The van der Waals surface area contributed by atoms with Crippen molar-refractivity contribution in [1.29, 1.82) is 0 Å². The summed E-state index contributed by atoms with van der Waals surface area (Å²) in [5, 5.41) is 2.64. The van der Waals surface area contributed by atoms with Gasteiger partial charge in [-0.3, -0.25) is 9.59 Å². The summed E-state index contributed by atoms with van der Waals surface area (Å²) in [5.74, 6) is -0.646. The molecule has 122 valence electrons. The molecule has 0 aromatic carbocycles. The van der Waals surface area contributed by atoms with Gasteiger partial charge in [-0.05, 0) is 33.6 Å². The Morgan fingerprint density at radius 1 is 1.24 bits per heavy atom. The SMILES string of the molecule is CC1NC(=O)C(C(C)C)N(CCS(=O)(=O)C(C)(C)C)C1=O. The molecule has 0 aromatic rings. The summed E-state index contributed by atoms with van der Waals surface area (Å²) in [5.41, 5.74) is 0. The molecule has 0 aliphatic carbocycles. The van der Waals surface area contributed by atoms with Gasteiger partial charge in [-0.1, -0.05) is 13.8 Å². The van der Waals surface area contributed by atoms with Gasteiger partial charge in [-0.2, -0.15) is 0 Å². The summed E-state index contributed by atoms with van der Waals surface area (Å²) in [6, 6.07) is -1.21. The van der Waals surface area contributed by atoms with Gasteiger partial charge in [-0.25, -0.2) is 8.42 Å². The zero-order valence-corrected chi connectivity index (χ0v) is 14.5. The van der Waals surface area contributed by atoms with E-state index in [0.29, 0.717) is 0 Å². The molecule has 2 amide bonds. The predicted octanol–water partition coefficient (Wildman–Crippen LogP) is 0.571. The monoisotopic (exact) mass is 318 g/mol. The molecule has 0 saturated carbocycles. The van der Waals surface area contributed by atoms with Crippen molar-refractivity contribution in [1.82, 2.24) is 10.2 Å². The fraction of sp³-hybridized carbons (Fsp3) is 0.857. The van der Waals surface area contributed by atoms with E-state index >= 15 is 0 Å². The molecule has 0 spiro atoms. The van der Waals surface area contributed by atoms with Crippen LogP contribution in [0, 0.1) is 5.92 Å². The van der Waals surface area contributed by atoms with E-state index < -0.39 is 26.7 Å². The van der Waals surface area contributed by atoms with Crippen molar-refractivity contribution in [3.8, 4) is 0 Å². The fourth-order valence-electron chi connectivity index (χ4n) is 2.32. The Morgan fingerprint density at radius 3 is 2.19 bits per heavy atom. The third-order valence-electron chi connectivity index (χ3n) is 3.78. The third-order valence-corrected chi connectivity index (χ3v) is 6.37. The predicted molar refractivity (Wildman–Crippen MR) is 81.5 cm³/mol. The number of nitrogens with zero attached hydrogens (tertiary/aromatic N) is 1. The Kier molecular flexibility index (Phi) is 5.08. The van der Waals surface area contributed by atoms with Gasteiger partial charge < -0.3 is 10.2 Å². The minimum atomic E-state index is -3.33. The maximum atomic E-state index is 12.3. The van der Waals surface area contributed by atoms with Crippen LogP contribution in [0.1, 0.15) is 41.5 Å². The van der Waals surface area contributed by atoms with Crippen LogP contribution in [0.3, 0.4) is 0 Å². The van der Waals surface area contributed by atoms with Crippen molar-refractivity contribution in [3.63, 3.8) is 0 Å². The largest absolute Gasteiger partial charge is 0.343 e. The lowest BCUT2D eigenvalue weighted by Crippen LogP contribution is -2.64. The standard InChI is InChI=1S/C14H26N2O4S/c1-9(2)11-12(17)15-10(3)13(18)16(11)7-8-21(19,20)14(4,5)6/h9-11H,7-8H2,1-6H3,(H,15,17). The summed E-state index contributed by atoms with van der Waals surface area (Å²) in [6.07, 6.45) is 0. The highest BCUT2D eigenvalue weighted by Crippen LogP contribution is 2.20. The first kappa shape index (κ1) is 17.9. The van der Waals surface area contributed by atoms with Gasteiger partial charge in [0.2, 0.25) is 11.8 Å². The summed E-state index contributed by atoms with van der Waals surface area (Å²) in [4.78, 5) is 25.8. The maximum Gasteiger partial charge on any atom is 0.245 e. The van der Waals surface area contributed by atoms with Crippen molar-refractivity contribution in [2.45, 2.75) is 58.4 Å². The van der Waals surface area contributed by atoms with E-state index in [2.05, 4.69) is 5.32 Å². The number of rotatable bonds is 4. The first-order valence-corrected chi connectivity index (χ1v) is 8.87. The zero-order chi connectivity index (χ0) is 16.6. The van der Waals surface area contributed by atoms with Crippen molar-refractivity contribution < 1.29 is 18.0 Å². The number of piperazine rings is 1. The van der Waals surface area contributed by atoms with Gasteiger partial charge >= 0.3 is 0 Å². The molecule has 1 saturated heterocycles. The Labute approximate surface area is 127 Å². The lowest BCUT2D eigenvalue weighted by Gasteiger charge is -2.40. The maximum absolute atomic E-state index is 12.3. The minimum Gasteiger partial charge on any atom is -0.343 e. The Morgan fingerprint density at radius 2 is 1.76 bits per heavy atom. The highest BCUT2D eigenvalue weighted by Gasteiger charge is 2.41. The molecule has 2 atom stereocenters. The summed E-state index contributed by atoms with van der Waals surface area (Å²) < 4.78 is 23.5. The second kappa shape index (κ2) is 5.94. The second-order valence-corrected chi connectivity index (χ2v) is 9.74. The molecule has 0 aromatic heterocycles. The van der Waals surface area contributed by atoms with Gasteiger partial charge in [-0.15, -0.1) is 0 Å². The fourth-order valence-corrected chi connectivity index (χ4v) is 3.37. The zero-order valence-electron chi connectivity index (χ0n) is 13.6. The number of sulfone groups is 1. The van der Waals surface area contributed by atoms with Gasteiger partial charge in [0.15, 0.2) is 9.84 Å². The average molecular weight is 318 g/mol. The topological polar surface area (TPSA) is 83.6 Å². The van der Waals surface area contributed by atoms with Crippen molar-refractivity contribution in [2.75, 3.05) is 12.3 Å². The molecule has 1 aliphatic heterocycles. The Balaban J connectivity index is 2.96. The Bertz CT molecular complexity index is 520. The first-order valence-electron chi connectivity index (χ1n) is 7.21. The molecule has 6 nitrogen and oxygen atoms in total. The van der Waals surface area contributed by atoms with Gasteiger partial charge in [0.25, 0.3) is 0 Å². The van der Waals surface area contributed by atoms with Crippen LogP contribution in [-0.2, 0) is 19.4 Å². The molecule has 2 unspecified atom stereocenters. The smallest absolute Gasteiger partial charge is 0.245 e. The van der Waals surface area contributed by atoms with Gasteiger partial charge in [0.05, 0.1) is 10.5 Å². The lowest BCUT2D eigenvalue weighted by molar-refractivity contribution is -0.150. The van der Waals surface area contributed by atoms with Crippen LogP contribution < -0.4 is 5.32 Å². The van der Waals surface area contributed by atoms with Gasteiger partial charge in [0.1, 0.15) is 12.1 Å². The molecular formula is C14H26N2O4S. The molecule has 1 fully saturated rings. The van der Waals surface area contributed by atoms with Crippen LogP contribution in [0.5, 0.6) is 0 Å². The number of hydrogen-bond acceptors (Lipinski definition) is 4. The quantitative estimate of drug-likeness (QED) is 0.821. The second-order valence-electron chi connectivity index (χ2n) is 6.88. The summed E-state index contributed by atoms with van der Waals surface area (Å²) in [6.45, 7) is 10.3. The highest BCUT2D eigenvalue weighted by molar-refractivity contribution is 7.92. The minimum absolute atomic E-state index is 0.0546. The van der Waals surface area contributed by atoms with E-state index in [1.165, 1.54) is 4.90 Å². The number of carbonyl (C=O) groups is 2. The summed E-state index contributed by atoms with van der Waals surface area (Å²) >= 11 is 0. The van der Waals surface area contributed by atoms with Crippen molar-refractivity contribution in [3.05, 3.63) is 0 Å². The molecule has 1 N–H and O–H groups in total. The van der Waals surface area contributed by atoms with Crippen molar-refractivity contribution in [2.24, 2.45) is 5.92 Å². The molecule has 1 rings (SSSR count). The molecule has 7 heteroatoms. The van der Waals surface area contributed by atoms with E-state index in [1.807, 2.05) is 13.8 Å². The van der Waals surface area contributed by atoms with Crippen LogP contribution >= 0.6 is 0 Å². The number of amides is 2. The molecule has 1 heterocycles. The number of nitrogens with one attached hydrogen (secondary N) is 1. The molecule has 0 radical (unpaired) electrons. The molecule has 21 heavy (non-hydrogen) atoms. The first-order chi connectivity index (χ1) is 9.38. The van der Waals surface area contributed by atoms with E-state index in [4.69, 9.17) is 0 Å². The highest BCUT2D eigenvalue weighted by atomic mass is 32.2. The van der Waals surface area contributed by atoms with Crippen LogP contribution in [0.25, 0.3) is 0 Å². The molecule has 0 bridgehead atoms. The van der Waals surface area contributed by atoms with Crippen LogP contribution in [0.2, 0.25) is 0 Å². The molecular weight excluding hydrogens is 292 g/mol. The van der Waals surface area contributed by atoms with Crippen LogP contribution in [-0.4, -0.2) is 54.3 Å².